The van der Waals surface area contributed by atoms with E-state index in [4.69, 9.17) is 0 Å². The summed E-state index contributed by atoms with van der Waals surface area (Å²) in [6.07, 6.45) is -0.976. The third-order valence-electron chi connectivity index (χ3n) is 3.64. The van der Waals surface area contributed by atoms with Crippen molar-refractivity contribution >= 4 is 17.1 Å². The Bertz CT molecular complexity index is 722. The molecule has 0 unspecified atom stereocenters. The number of carboxylic acid groups (broad SMARTS) is 1. The van der Waals surface area contributed by atoms with E-state index in [-0.39, 0.29) is 12.2 Å². The van der Waals surface area contributed by atoms with Crippen LogP contribution in [0.5, 0.6) is 0 Å². The monoisotopic (exact) mass is 291 g/mol. The molecule has 21 heavy (non-hydrogen) atoms. The van der Waals surface area contributed by atoms with Gasteiger partial charge in [-0.15, -0.1) is 0 Å². The Labute approximate surface area is 123 Å². The molecular formula is C15H21N3O3. The van der Waals surface area contributed by atoms with Crippen LogP contribution in [0.3, 0.4) is 0 Å². The summed E-state index contributed by atoms with van der Waals surface area (Å²) in [4.78, 5) is 25.0. The second-order valence-corrected chi connectivity index (χ2v) is 6.09. The molecule has 1 aromatic carbocycles. The summed E-state index contributed by atoms with van der Waals surface area (Å²) >= 11 is 0. The molecule has 0 aliphatic carbocycles. The molecule has 2 aromatic rings. The van der Waals surface area contributed by atoms with Crippen LogP contribution in [0.15, 0.2) is 29.1 Å². The predicted octanol–water partition coefficient (Wildman–Crippen LogP) is 2.12. The lowest BCUT2D eigenvalue weighted by molar-refractivity contribution is 0.0978. The van der Waals surface area contributed by atoms with Crippen molar-refractivity contribution in [2.45, 2.75) is 32.9 Å². The fourth-order valence-electron chi connectivity index (χ4n) is 2.50. The van der Waals surface area contributed by atoms with Gasteiger partial charge in [0.2, 0.25) is 0 Å². The van der Waals surface area contributed by atoms with Crippen LogP contribution in [-0.4, -0.2) is 37.3 Å². The highest BCUT2D eigenvalue weighted by Crippen LogP contribution is 2.15. The zero-order valence-corrected chi connectivity index (χ0v) is 12.8. The van der Waals surface area contributed by atoms with E-state index >= 15 is 0 Å². The van der Waals surface area contributed by atoms with Crippen molar-refractivity contribution in [3.05, 3.63) is 34.7 Å². The van der Waals surface area contributed by atoms with Gasteiger partial charge >= 0.3 is 11.8 Å². The van der Waals surface area contributed by atoms with E-state index in [0.29, 0.717) is 6.54 Å². The average Bonchev–Trinajstić information content (AvgIpc) is 2.62. The Morgan fingerprint density at radius 1 is 1.24 bits per heavy atom. The first kappa shape index (κ1) is 15.2. The van der Waals surface area contributed by atoms with Crippen molar-refractivity contribution < 1.29 is 9.90 Å². The zero-order valence-electron chi connectivity index (χ0n) is 12.8. The minimum absolute atomic E-state index is 0.129. The highest BCUT2D eigenvalue weighted by Gasteiger charge is 2.26. The van der Waals surface area contributed by atoms with Crippen molar-refractivity contribution in [3.8, 4) is 0 Å². The lowest BCUT2D eigenvalue weighted by Crippen LogP contribution is -2.47. The molecule has 114 valence electrons. The molecule has 0 aliphatic rings. The van der Waals surface area contributed by atoms with Crippen LogP contribution in [0.25, 0.3) is 11.0 Å². The number of hydrogen-bond acceptors (Lipinski definition) is 2. The molecule has 0 radical (unpaired) electrons. The molecule has 2 rings (SSSR count). The molecule has 0 saturated heterocycles. The van der Waals surface area contributed by atoms with Gasteiger partial charge in [-0.3, -0.25) is 9.13 Å². The van der Waals surface area contributed by atoms with Gasteiger partial charge in [0.25, 0.3) is 0 Å². The number of imidazole rings is 1. The summed E-state index contributed by atoms with van der Waals surface area (Å²) in [6, 6.07) is 7.51. The number of benzene rings is 1. The lowest BCUT2D eigenvalue weighted by atomic mass is 10.1. The van der Waals surface area contributed by atoms with Crippen molar-refractivity contribution in [2.75, 3.05) is 6.54 Å². The zero-order chi connectivity index (χ0) is 15.8. The molecule has 0 atom stereocenters. The Morgan fingerprint density at radius 3 is 2.33 bits per heavy atom. The fourth-order valence-corrected chi connectivity index (χ4v) is 2.50. The van der Waals surface area contributed by atoms with Crippen LogP contribution in [0.1, 0.15) is 20.8 Å². The minimum atomic E-state index is -0.976. The fraction of sp³-hybridized carbons (Fsp3) is 0.467. The first-order chi connectivity index (χ1) is 9.73. The van der Waals surface area contributed by atoms with Gasteiger partial charge in [0.15, 0.2) is 0 Å². The van der Waals surface area contributed by atoms with Gasteiger partial charge in [0.1, 0.15) is 0 Å². The summed E-state index contributed by atoms with van der Waals surface area (Å²) in [5, 5.41) is 9.31. The van der Waals surface area contributed by atoms with E-state index in [1.807, 2.05) is 45.0 Å². The van der Waals surface area contributed by atoms with Gasteiger partial charge in [-0.25, -0.2) is 9.59 Å². The number of nitrogens with zero attached hydrogens (tertiary/aromatic N) is 3. The first-order valence-electron chi connectivity index (χ1n) is 6.88. The van der Waals surface area contributed by atoms with Gasteiger partial charge < -0.3 is 10.0 Å². The normalized spacial score (nSPS) is 11.8. The van der Waals surface area contributed by atoms with Crippen molar-refractivity contribution in [3.63, 3.8) is 0 Å². The molecule has 0 aliphatic heterocycles. The second kappa shape index (κ2) is 5.27. The van der Waals surface area contributed by atoms with Crippen LogP contribution in [0, 0.1) is 0 Å². The topological polar surface area (TPSA) is 67.5 Å². The van der Waals surface area contributed by atoms with Crippen molar-refractivity contribution in [1.29, 1.82) is 0 Å². The Hall–Kier alpha value is -2.24. The Balaban J connectivity index is 2.35. The number of hydrogen-bond donors (Lipinski definition) is 1. The molecule has 1 N–H and O–H groups in total. The van der Waals surface area contributed by atoms with Gasteiger partial charge in [-0.05, 0) is 32.9 Å². The summed E-state index contributed by atoms with van der Waals surface area (Å²) in [5.41, 5.74) is 1.04. The number of aromatic nitrogens is 2. The van der Waals surface area contributed by atoms with Crippen molar-refractivity contribution in [2.24, 2.45) is 7.05 Å². The average molecular weight is 291 g/mol. The van der Waals surface area contributed by atoms with Crippen LogP contribution in [-0.2, 0) is 13.6 Å². The molecule has 6 nitrogen and oxygen atoms in total. The Morgan fingerprint density at radius 2 is 1.81 bits per heavy atom. The first-order valence-corrected chi connectivity index (χ1v) is 6.88. The van der Waals surface area contributed by atoms with Gasteiger partial charge in [0, 0.05) is 25.7 Å². The van der Waals surface area contributed by atoms with Gasteiger partial charge in [-0.2, -0.15) is 0 Å². The molecule has 0 spiro atoms. The van der Waals surface area contributed by atoms with E-state index in [1.165, 1.54) is 4.90 Å². The number of rotatable bonds is 3. The van der Waals surface area contributed by atoms with E-state index in [9.17, 15) is 14.7 Å². The largest absolute Gasteiger partial charge is 0.465 e. The second-order valence-electron chi connectivity index (χ2n) is 6.09. The smallest absolute Gasteiger partial charge is 0.407 e. The quantitative estimate of drug-likeness (QED) is 0.942. The molecule has 0 bridgehead atoms. The molecule has 1 aromatic heterocycles. The van der Waals surface area contributed by atoms with Crippen LogP contribution < -0.4 is 5.69 Å². The van der Waals surface area contributed by atoms with E-state index in [1.54, 1.807) is 16.2 Å². The van der Waals surface area contributed by atoms with Crippen LogP contribution >= 0.6 is 0 Å². The minimum Gasteiger partial charge on any atom is -0.465 e. The summed E-state index contributed by atoms with van der Waals surface area (Å²) in [7, 11) is 1.72. The molecule has 0 saturated carbocycles. The predicted molar refractivity (Wildman–Crippen MR) is 81.7 cm³/mol. The molecule has 1 heterocycles. The standard InChI is InChI=1S/C15H21N3O3/c1-15(2,3)18(14(20)21)10-9-17-12-8-6-5-7-11(12)16(4)13(17)19/h5-8H,9-10H2,1-4H3,(H,20,21). The lowest BCUT2D eigenvalue weighted by Gasteiger charge is -2.33. The number of aryl methyl sites for hydroxylation is 1. The maximum atomic E-state index is 12.3. The van der Waals surface area contributed by atoms with E-state index in [2.05, 4.69) is 0 Å². The van der Waals surface area contributed by atoms with Gasteiger partial charge in [-0.1, -0.05) is 12.1 Å². The molecule has 0 fully saturated rings. The summed E-state index contributed by atoms with van der Waals surface area (Å²) < 4.78 is 3.20. The number of carbonyl (C=O) groups is 1. The number of para-hydroxylation sites is 2. The number of fused-ring (bicyclic) bond motifs is 1. The summed E-state index contributed by atoms with van der Waals surface area (Å²) in [5.74, 6) is 0. The molecule has 1 amide bonds. The number of amides is 1. The third-order valence-corrected chi connectivity index (χ3v) is 3.64. The highest BCUT2D eigenvalue weighted by atomic mass is 16.4. The molecular weight excluding hydrogens is 270 g/mol. The third kappa shape index (κ3) is 2.79. The SMILES string of the molecule is Cn1c(=O)n(CCN(C(=O)O)C(C)(C)C)c2ccccc21. The van der Waals surface area contributed by atoms with E-state index in [0.717, 1.165) is 11.0 Å². The van der Waals surface area contributed by atoms with Crippen LogP contribution in [0.4, 0.5) is 4.79 Å². The van der Waals surface area contributed by atoms with Crippen LogP contribution in [0.2, 0.25) is 0 Å². The highest BCUT2D eigenvalue weighted by molar-refractivity contribution is 5.75. The van der Waals surface area contributed by atoms with Gasteiger partial charge in [0.05, 0.1) is 11.0 Å². The Kier molecular flexibility index (Phi) is 3.80. The van der Waals surface area contributed by atoms with Crippen molar-refractivity contribution in [1.82, 2.24) is 14.0 Å². The molecule has 6 heteroatoms. The van der Waals surface area contributed by atoms with E-state index < -0.39 is 11.6 Å². The maximum absolute atomic E-state index is 12.3. The summed E-state index contributed by atoms with van der Waals surface area (Å²) in [6.45, 7) is 6.13. The maximum Gasteiger partial charge on any atom is 0.407 e.